The molecule has 98 valence electrons. The van der Waals surface area contributed by atoms with Gasteiger partial charge in [-0.2, -0.15) is 0 Å². The van der Waals surface area contributed by atoms with Crippen molar-refractivity contribution in [1.29, 1.82) is 0 Å². The largest absolute Gasteiger partial charge is 0.478 e. The minimum atomic E-state index is -1.03. The van der Waals surface area contributed by atoms with E-state index in [-0.39, 0.29) is 10.6 Å². The van der Waals surface area contributed by atoms with Crippen molar-refractivity contribution >= 4 is 40.9 Å². The van der Waals surface area contributed by atoms with Crippen LogP contribution in [0, 0.1) is 0 Å². The van der Waals surface area contributed by atoms with Gasteiger partial charge in [0.25, 0.3) is 0 Å². The van der Waals surface area contributed by atoms with Crippen LogP contribution in [0.15, 0.2) is 41.4 Å². The van der Waals surface area contributed by atoms with Gasteiger partial charge in [0.1, 0.15) is 5.15 Å². The van der Waals surface area contributed by atoms with E-state index in [0.29, 0.717) is 10.9 Å². The van der Waals surface area contributed by atoms with Gasteiger partial charge in [-0.25, -0.2) is 9.78 Å². The molecule has 1 aromatic carbocycles. The summed E-state index contributed by atoms with van der Waals surface area (Å²) in [7, 11) is 0. The summed E-state index contributed by atoms with van der Waals surface area (Å²) in [6.45, 7) is 0. The number of nitrogens with zero attached hydrogens (tertiary/aromatic N) is 1. The van der Waals surface area contributed by atoms with Gasteiger partial charge >= 0.3 is 5.97 Å². The first-order chi connectivity index (χ1) is 9.06. The van der Waals surface area contributed by atoms with Crippen LogP contribution in [-0.2, 0) is 5.75 Å². The molecule has 3 nitrogen and oxygen atoms in total. The lowest BCUT2D eigenvalue weighted by atomic mass is 10.2. The van der Waals surface area contributed by atoms with Gasteiger partial charge in [-0.1, -0.05) is 29.3 Å². The number of pyridine rings is 1. The molecule has 0 atom stereocenters. The minimum absolute atomic E-state index is 0.112. The van der Waals surface area contributed by atoms with Gasteiger partial charge < -0.3 is 5.11 Å². The van der Waals surface area contributed by atoms with Crippen molar-refractivity contribution in [3.05, 3.63) is 57.8 Å². The van der Waals surface area contributed by atoms with E-state index in [0.717, 1.165) is 10.5 Å². The highest BCUT2D eigenvalue weighted by molar-refractivity contribution is 7.98. The molecule has 2 aromatic rings. The zero-order valence-corrected chi connectivity index (χ0v) is 12.0. The molecular weight excluding hydrogens is 305 g/mol. The number of aromatic carboxylic acids is 1. The van der Waals surface area contributed by atoms with Crippen LogP contribution < -0.4 is 0 Å². The predicted octanol–water partition coefficient (Wildman–Crippen LogP) is 4.38. The van der Waals surface area contributed by atoms with E-state index in [1.807, 2.05) is 6.07 Å². The number of thioether (sulfide) groups is 1. The van der Waals surface area contributed by atoms with Crippen molar-refractivity contribution in [2.24, 2.45) is 0 Å². The van der Waals surface area contributed by atoms with Gasteiger partial charge in [0.2, 0.25) is 0 Å². The zero-order valence-electron chi connectivity index (χ0n) is 9.64. The second-order valence-corrected chi connectivity index (χ2v) is 5.57. The van der Waals surface area contributed by atoms with E-state index >= 15 is 0 Å². The van der Waals surface area contributed by atoms with Gasteiger partial charge in [0.15, 0.2) is 0 Å². The molecule has 0 bridgehead atoms. The van der Waals surface area contributed by atoms with E-state index in [2.05, 4.69) is 4.98 Å². The molecule has 0 aliphatic heterocycles. The first-order valence-electron chi connectivity index (χ1n) is 5.32. The van der Waals surface area contributed by atoms with Crippen molar-refractivity contribution in [2.45, 2.75) is 10.6 Å². The molecule has 0 aliphatic carbocycles. The number of carboxylic acid groups (broad SMARTS) is 1. The maximum absolute atomic E-state index is 11.0. The Morgan fingerprint density at radius 2 is 2.05 bits per heavy atom. The SMILES string of the molecule is O=C(O)c1cc(SCc2ccc(Cl)nc2)ccc1Cl. The summed E-state index contributed by atoms with van der Waals surface area (Å²) in [6.07, 6.45) is 1.70. The number of rotatable bonds is 4. The zero-order chi connectivity index (χ0) is 13.8. The van der Waals surface area contributed by atoms with Gasteiger partial charge in [-0.15, -0.1) is 11.8 Å². The highest BCUT2D eigenvalue weighted by Crippen LogP contribution is 2.27. The minimum Gasteiger partial charge on any atom is -0.478 e. The smallest absolute Gasteiger partial charge is 0.337 e. The molecule has 1 N–H and O–H groups in total. The molecule has 0 radical (unpaired) electrons. The monoisotopic (exact) mass is 313 g/mol. The summed E-state index contributed by atoms with van der Waals surface area (Å²) < 4.78 is 0. The second kappa shape index (κ2) is 6.28. The molecule has 1 aromatic heterocycles. The molecule has 6 heteroatoms. The average molecular weight is 314 g/mol. The molecular formula is C13H9Cl2NO2S. The molecule has 0 aliphatic rings. The average Bonchev–Trinajstić information content (AvgIpc) is 2.39. The number of benzene rings is 1. The Morgan fingerprint density at radius 1 is 1.26 bits per heavy atom. The third-order valence-corrected chi connectivity index (χ3v) is 3.98. The number of aromatic nitrogens is 1. The van der Waals surface area contributed by atoms with Crippen LogP contribution in [0.2, 0.25) is 10.2 Å². The Bertz CT molecular complexity index is 602. The molecule has 19 heavy (non-hydrogen) atoms. The molecule has 0 saturated carbocycles. The van der Waals surface area contributed by atoms with E-state index in [4.69, 9.17) is 28.3 Å². The number of carboxylic acids is 1. The van der Waals surface area contributed by atoms with Crippen molar-refractivity contribution in [3.8, 4) is 0 Å². The lowest BCUT2D eigenvalue weighted by molar-refractivity contribution is 0.0697. The van der Waals surface area contributed by atoms with Gasteiger partial charge in [-0.05, 0) is 29.8 Å². The number of hydrogen-bond acceptors (Lipinski definition) is 3. The summed E-state index contributed by atoms with van der Waals surface area (Å²) in [5.41, 5.74) is 1.13. The van der Waals surface area contributed by atoms with Crippen molar-refractivity contribution in [2.75, 3.05) is 0 Å². The third-order valence-electron chi connectivity index (χ3n) is 2.36. The topological polar surface area (TPSA) is 50.2 Å². The molecule has 1 heterocycles. The van der Waals surface area contributed by atoms with Gasteiger partial charge in [0.05, 0.1) is 10.6 Å². The Kier molecular flexibility index (Phi) is 4.69. The van der Waals surface area contributed by atoms with Gasteiger partial charge in [-0.3, -0.25) is 0 Å². The fourth-order valence-corrected chi connectivity index (χ4v) is 2.60. The molecule has 0 unspecified atom stereocenters. The fraction of sp³-hybridized carbons (Fsp3) is 0.0769. The molecule has 0 amide bonds. The summed E-state index contributed by atoms with van der Waals surface area (Å²) in [5, 5.41) is 9.68. The molecule has 0 saturated heterocycles. The molecule has 0 fully saturated rings. The Morgan fingerprint density at radius 3 is 2.68 bits per heavy atom. The maximum atomic E-state index is 11.0. The Balaban J connectivity index is 2.09. The van der Waals surface area contributed by atoms with Crippen LogP contribution in [0.5, 0.6) is 0 Å². The number of halogens is 2. The fourth-order valence-electron chi connectivity index (χ4n) is 1.42. The lowest BCUT2D eigenvalue weighted by Gasteiger charge is -2.04. The Labute approximate surface area is 124 Å². The van der Waals surface area contributed by atoms with Crippen LogP contribution in [-0.4, -0.2) is 16.1 Å². The van der Waals surface area contributed by atoms with Crippen molar-refractivity contribution in [3.63, 3.8) is 0 Å². The number of carbonyl (C=O) groups is 1. The summed E-state index contributed by atoms with van der Waals surface area (Å²) >= 11 is 13.0. The normalized spacial score (nSPS) is 10.4. The summed E-state index contributed by atoms with van der Waals surface area (Å²) in [4.78, 5) is 15.8. The van der Waals surface area contributed by atoms with E-state index < -0.39 is 5.97 Å². The second-order valence-electron chi connectivity index (χ2n) is 3.72. The lowest BCUT2D eigenvalue weighted by Crippen LogP contribution is -1.97. The molecule has 0 spiro atoms. The highest BCUT2D eigenvalue weighted by atomic mass is 35.5. The van der Waals surface area contributed by atoms with Crippen LogP contribution in [0.25, 0.3) is 0 Å². The quantitative estimate of drug-likeness (QED) is 0.672. The van der Waals surface area contributed by atoms with Crippen LogP contribution in [0.4, 0.5) is 0 Å². The van der Waals surface area contributed by atoms with E-state index in [1.54, 1.807) is 30.5 Å². The molecule has 2 rings (SSSR count). The van der Waals surface area contributed by atoms with Crippen molar-refractivity contribution < 1.29 is 9.90 Å². The van der Waals surface area contributed by atoms with Crippen LogP contribution in [0.1, 0.15) is 15.9 Å². The summed E-state index contributed by atoms with van der Waals surface area (Å²) in [5.74, 6) is -0.342. The predicted molar refractivity (Wildman–Crippen MR) is 77.2 cm³/mol. The third kappa shape index (κ3) is 3.86. The maximum Gasteiger partial charge on any atom is 0.337 e. The van der Waals surface area contributed by atoms with Crippen LogP contribution in [0.3, 0.4) is 0 Å². The summed E-state index contributed by atoms with van der Waals surface area (Å²) in [6, 6.07) is 8.56. The number of hydrogen-bond donors (Lipinski definition) is 1. The van der Waals surface area contributed by atoms with E-state index in [1.165, 1.54) is 11.8 Å². The van der Waals surface area contributed by atoms with Gasteiger partial charge in [0, 0.05) is 16.8 Å². The van der Waals surface area contributed by atoms with E-state index in [9.17, 15) is 4.79 Å². The van der Waals surface area contributed by atoms with Crippen LogP contribution >= 0.6 is 35.0 Å². The Hall–Kier alpha value is -1.23. The highest BCUT2D eigenvalue weighted by Gasteiger charge is 2.09. The standard InChI is InChI=1S/C13H9Cl2NO2S/c14-11-3-2-9(5-10(11)13(17)18)19-7-8-1-4-12(15)16-6-8/h1-6H,7H2,(H,17,18). The first kappa shape index (κ1) is 14.2. The van der Waals surface area contributed by atoms with Crippen molar-refractivity contribution in [1.82, 2.24) is 4.98 Å². The first-order valence-corrected chi connectivity index (χ1v) is 7.06.